The van der Waals surface area contributed by atoms with Crippen LogP contribution >= 0.6 is 0 Å². The zero-order chi connectivity index (χ0) is 23.1. The number of benzene rings is 3. The van der Waals surface area contributed by atoms with Crippen LogP contribution < -0.4 is 4.31 Å². The molecule has 8 heteroatoms. The zero-order valence-corrected chi connectivity index (χ0v) is 18.0. The highest BCUT2D eigenvalue weighted by Gasteiger charge is 2.40. The predicted octanol–water partition coefficient (Wildman–Crippen LogP) is 5.36. The van der Waals surface area contributed by atoms with Gasteiger partial charge in [-0.05, 0) is 48.7 Å². The van der Waals surface area contributed by atoms with E-state index in [0.717, 1.165) is 11.6 Å². The van der Waals surface area contributed by atoms with Crippen LogP contribution in [0.3, 0.4) is 0 Å². The maximum Gasteiger partial charge on any atom is 0.416 e. The van der Waals surface area contributed by atoms with Gasteiger partial charge in [0.2, 0.25) is 0 Å². The maximum atomic E-state index is 13.5. The van der Waals surface area contributed by atoms with Crippen molar-refractivity contribution < 1.29 is 26.4 Å². The lowest BCUT2D eigenvalue weighted by Crippen LogP contribution is -2.30. The SMILES string of the molecule is Cc1ccc(S(=O)(=O)N2C[C@H](Cc3ccccc3C(F)(F)F)c3c(C=O)cccc32)cc1. The normalized spacial score (nSPS) is 16.1. The van der Waals surface area contributed by atoms with Crippen molar-refractivity contribution in [1.82, 2.24) is 0 Å². The number of carbonyl (C=O) groups excluding carboxylic acids is 1. The molecule has 0 aromatic heterocycles. The Morgan fingerprint density at radius 1 is 1.00 bits per heavy atom. The molecule has 1 aliphatic rings. The largest absolute Gasteiger partial charge is 0.416 e. The third kappa shape index (κ3) is 3.90. The Hall–Kier alpha value is -3.13. The summed E-state index contributed by atoms with van der Waals surface area (Å²) in [6.07, 6.45) is -3.97. The number of aryl methyl sites for hydroxylation is 1. The molecule has 0 radical (unpaired) electrons. The van der Waals surface area contributed by atoms with Crippen molar-refractivity contribution in [2.45, 2.75) is 30.3 Å². The van der Waals surface area contributed by atoms with Gasteiger partial charge in [-0.25, -0.2) is 8.42 Å². The minimum atomic E-state index is -4.53. The van der Waals surface area contributed by atoms with Gasteiger partial charge < -0.3 is 0 Å². The van der Waals surface area contributed by atoms with E-state index >= 15 is 0 Å². The highest BCUT2D eigenvalue weighted by atomic mass is 32.2. The molecule has 3 aromatic rings. The molecule has 4 rings (SSSR count). The summed E-state index contributed by atoms with van der Waals surface area (Å²) >= 11 is 0. The summed E-state index contributed by atoms with van der Waals surface area (Å²) in [5.41, 5.74) is 1.25. The second-order valence-corrected chi connectivity index (χ2v) is 9.67. The third-order valence-corrected chi connectivity index (χ3v) is 7.50. The molecular weight excluding hydrogens is 439 g/mol. The van der Waals surface area contributed by atoms with Gasteiger partial charge in [-0.1, -0.05) is 48.0 Å². The Morgan fingerprint density at radius 2 is 1.69 bits per heavy atom. The lowest BCUT2D eigenvalue weighted by Gasteiger charge is -2.21. The van der Waals surface area contributed by atoms with E-state index in [-0.39, 0.29) is 29.0 Å². The molecule has 0 N–H and O–H groups in total. The molecule has 3 aromatic carbocycles. The van der Waals surface area contributed by atoms with Crippen LogP contribution in [-0.2, 0) is 22.6 Å². The summed E-state index contributed by atoms with van der Waals surface area (Å²) in [7, 11) is -3.96. The number of nitrogens with zero attached hydrogens (tertiary/aromatic N) is 1. The summed E-state index contributed by atoms with van der Waals surface area (Å²) in [4.78, 5) is 11.8. The van der Waals surface area contributed by atoms with Crippen LogP contribution in [0.2, 0.25) is 0 Å². The van der Waals surface area contributed by atoms with E-state index in [9.17, 15) is 26.4 Å². The number of carbonyl (C=O) groups is 1. The van der Waals surface area contributed by atoms with E-state index in [2.05, 4.69) is 0 Å². The minimum Gasteiger partial charge on any atom is -0.298 e. The first-order chi connectivity index (χ1) is 15.1. The first kappa shape index (κ1) is 22.1. The van der Waals surface area contributed by atoms with Crippen molar-refractivity contribution in [2.24, 2.45) is 0 Å². The average Bonchev–Trinajstić information content (AvgIpc) is 3.13. The van der Waals surface area contributed by atoms with Gasteiger partial charge in [-0.3, -0.25) is 9.10 Å². The topological polar surface area (TPSA) is 54.5 Å². The van der Waals surface area contributed by atoms with Gasteiger partial charge in [0.1, 0.15) is 6.29 Å². The number of rotatable bonds is 5. The lowest BCUT2D eigenvalue weighted by atomic mass is 9.89. The van der Waals surface area contributed by atoms with Crippen LogP contribution in [0.5, 0.6) is 0 Å². The molecule has 0 bridgehead atoms. The smallest absolute Gasteiger partial charge is 0.298 e. The van der Waals surface area contributed by atoms with E-state index in [1.54, 1.807) is 30.3 Å². The Morgan fingerprint density at radius 3 is 2.34 bits per heavy atom. The van der Waals surface area contributed by atoms with Crippen molar-refractivity contribution in [3.8, 4) is 0 Å². The van der Waals surface area contributed by atoms with Crippen molar-refractivity contribution in [1.29, 1.82) is 0 Å². The Labute approximate surface area is 184 Å². The first-order valence-corrected chi connectivity index (χ1v) is 11.4. The number of fused-ring (bicyclic) bond motifs is 1. The molecule has 0 saturated heterocycles. The van der Waals surface area contributed by atoms with E-state index in [0.29, 0.717) is 17.5 Å². The van der Waals surface area contributed by atoms with E-state index in [1.165, 1.54) is 34.6 Å². The molecule has 0 aliphatic carbocycles. The van der Waals surface area contributed by atoms with Crippen molar-refractivity contribution in [3.05, 3.63) is 94.5 Å². The van der Waals surface area contributed by atoms with E-state index in [1.807, 2.05) is 6.92 Å². The van der Waals surface area contributed by atoms with Crippen molar-refractivity contribution in [2.75, 3.05) is 10.8 Å². The fraction of sp³-hybridized carbons (Fsp3) is 0.208. The second-order valence-electron chi connectivity index (χ2n) is 7.80. The summed E-state index contributed by atoms with van der Waals surface area (Å²) < 4.78 is 68.5. The molecular formula is C24H20F3NO3S. The fourth-order valence-corrected chi connectivity index (χ4v) is 5.73. The molecule has 0 unspecified atom stereocenters. The van der Waals surface area contributed by atoms with Gasteiger partial charge in [0, 0.05) is 18.0 Å². The molecule has 32 heavy (non-hydrogen) atoms. The Balaban J connectivity index is 1.80. The monoisotopic (exact) mass is 459 g/mol. The Kier molecular flexibility index (Phi) is 5.58. The molecule has 166 valence electrons. The first-order valence-electron chi connectivity index (χ1n) is 9.95. The van der Waals surface area contributed by atoms with Gasteiger partial charge in [0.25, 0.3) is 10.0 Å². The molecule has 1 atom stereocenters. The second kappa shape index (κ2) is 8.09. The fourth-order valence-electron chi connectivity index (χ4n) is 4.20. The van der Waals surface area contributed by atoms with Crippen molar-refractivity contribution >= 4 is 22.0 Å². The summed E-state index contributed by atoms with van der Waals surface area (Å²) in [5, 5.41) is 0. The van der Waals surface area contributed by atoms with Crippen LogP contribution in [0, 0.1) is 6.92 Å². The number of hydrogen-bond donors (Lipinski definition) is 0. The van der Waals surface area contributed by atoms with Crippen molar-refractivity contribution in [3.63, 3.8) is 0 Å². The summed E-state index contributed by atoms with van der Waals surface area (Å²) in [6.45, 7) is 1.79. The van der Waals surface area contributed by atoms with Gasteiger partial charge in [-0.2, -0.15) is 13.2 Å². The van der Waals surface area contributed by atoms with Crippen LogP contribution in [0.4, 0.5) is 18.9 Å². The highest BCUT2D eigenvalue weighted by molar-refractivity contribution is 7.92. The number of halogens is 3. The molecule has 4 nitrogen and oxygen atoms in total. The molecule has 0 spiro atoms. The minimum absolute atomic E-state index is 0.0482. The average molecular weight is 459 g/mol. The van der Waals surface area contributed by atoms with E-state index < -0.39 is 27.7 Å². The number of hydrogen-bond acceptors (Lipinski definition) is 3. The van der Waals surface area contributed by atoms with Gasteiger partial charge in [0.05, 0.1) is 16.1 Å². The van der Waals surface area contributed by atoms with Crippen LogP contribution in [0.1, 0.15) is 38.5 Å². The van der Waals surface area contributed by atoms with Crippen LogP contribution in [-0.4, -0.2) is 21.2 Å². The molecule has 0 amide bonds. The molecule has 1 heterocycles. The number of sulfonamides is 1. The number of anilines is 1. The van der Waals surface area contributed by atoms with Gasteiger partial charge in [0.15, 0.2) is 0 Å². The standard InChI is InChI=1S/C24H20F3NO3S/c1-16-9-11-20(12-10-16)32(30,31)28-14-19(23-18(15-29)6-4-8-22(23)28)13-17-5-2-3-7-21(17)24(25,26)27/h2-12,15,19H,13-14H2,1H3/t19-/m0/s1. The lowest BCUT2D eigenvalue weighted by molar-refractivity contribution is -0.138. The summed E-state index contributed by atoms with van der Waals surface area (Å²) in [6, 6.07) is 16.3. The predicted molar refractivity (Wildman–Crippen MR) is 115 cm³/mol. The number of aldehydes is 1. The van der Waals surface area contributed by atoms with E-state index in [4.69, 9.17) is 0 Å². The maximum absolute atomic E-state index is 13.5. The highest BCUT2D eigenvalue weighted by Crippen LogP contribution is 2.44. The van der Waals surface area contributed by atoms with Gasteiger partial charge >= 0.3 is 6.18 Å². The molecule has 0 saturated carbocycles. The zero-order valence-electron chi connectivity index (χ0n) is 17.1. The summed E-state index contributed by atoms with van der Waals surface area (Å²) in [5.74, 6) is -0.602. The van der Waals surface area contributed by atoms with Crippen LogP contribution in [0.25, 0.3) is 0 Å². The molecule has 0 fully saturated rings. The molecule has 1 aliphatic heterocycles. The quantitative estimate of drug-likeness (QED) is 0.483. The van der Waals surface area contributed by atoms with Gasteiger partial charge in [-0.15, -0.1) is 0 Å². The third-order valence-electron chi connectivity index (χ3n) is 5.71. The van der Waals surface area contributed by atoms with Crippen LogP contribution in [0.15, 0.2) is 71.6 Å². The Bertz CT molecular complexity index is 1270. The number of alkyl halides is 3.